The number of nitrogens with one attached hydrogen (secondary N) is 1. The Morgan fingerprint density at radius 2 is 1.42 bits per heavy atom. The highest BCUT2D eigenvalue weighted by Gasteiger charge is 2.31. The number of benzene rings is 3. The molecule has 2 heterocycles. The summed E-state index contributed by atoms with van der Waals surface area (Å²) in [5.74, 6) is 0. The van der Waals surface area contributed by atoms with Gasteiger partial charge in [0.25, 0.3) is 5.56 Å². The van der Waals surface area contributed by atoms with E-state index < -0.39 is 29.0 Å². The zero-order valence-corrected chi connectivity index (χ0v) is 18.2. The molecule has 5 rings (SSSR count). The second kappa shape index (κ2) is 8.40. The van der Waals surface area contributed by atoms with Gasteiger partial charge in [0.05, 0.1) is 22.2 Å². The van der Waals surface area contributed by atoms with E-state index in [-0.39, 0.29) is 5.69 Å². The summed E-state index contributed by atoms with van der Waals surface area (Å²) in [6.07, 6.45) is -7.53. The number of halogens is 6. The van der Waals surface area contributed by atoms with Crippen LogP contribution in [-0.2, 0) is 12.4 Å². The zero-order chi connectivity index (χ0) is 25.7. The Bertz CT molecular complexity index is 1650. The normalized spacial score (nSPS) is 12.3. The molecule has 0 radical (unpaired) electrons. The van der Waals surface area contributed by atoms with Gasteiger partial charge in [-0.05, 0) is 66.7 Å². The average Bonchev–Trinajstić information content (AvgIpc) is 2.83. The van der Waals surface area contributed by atoms with Gasteiger partial charge in [-0.15, -0.1) is 0 Å². The van der Waals surface area contributed by atoms with Gasteiger partial charge in [-0.25, -0.2) is 0 Å². The second-order valence-corrected chi connectivity index (χ2v) is 8.05. The van der Waals surface area contributed by atoms with Crippen LogP contribution in [-0.4, -0.2) is 9.55 Å². The van der Waals surface area contributed by atoms with Crippen molar-refractivity contribution in [3.8, 4) is 5.69 Å². The third-order valence-corrected chi connectivity index (χ3v) is 5.65. The second-order valence-electron chi connectivity index (χ2n) is 8.05. The summed E-state index contributed by atoms with van der Waals surface area (Å²) < 4.78 is 79.7. The standard InChI is InChI=1S/C26H15F6N3O/c27-25(28,29)16-5-7-18(8-6-16)34-19-9-10-22-21(13-19)24-15(14-33-22)4-11-23(36)35(24)20-3-1-2-17(12-20)26(30,31)32/h1-14,34H. The summed E-state index contributed by atoms with van der Waals surface area (Å²) in [6.45, 7) is 0. The molecule has 2 aromatic heterocycles. The van der Waals surface area contributed by atoms with E-state index in [1.165, 1.54) is 47.2 Å². The summed E-state index contributed by atoms with van der Waals surface area (Å²) in [5, 5.41) is 4.00. The van der Waals surface area contributed by atoms with Gasteiger partial charge < -0.3 is 5.32 Å². The topological polar surface area (TPSA) is 46.9 Å². The van der Waals surface area contributed by atoms with Crippen LogP contribution in [0.1, 0.15) is 11.1 Å². The summed E-state index contributed by atoms with van der Waals surface area (Å²) in [4.78, 5) is 17.3. The van der Waals surface area contributed by atoms with Crippen molar-refractivity contribution in [3.63, 3.8) is 0 Å². The Kier molecular flexibility index (Phi) is 5.46. The van der Waals surface area contributed by atoms with Gasteiger partial charge >= 0.3 is 12.4 Å². The molecule has 1 N–H and O–H groups in total. The van der Waals surface area contributed by atoms with E-state index in [4.69, 9.17) is 0 Å². The van der Waals surface area contributed by atoms with Crippen molar-refractivity contribution in [1.29, 1.82) is 0 Å². The third kappa shape index (κ3) is 4.37. The molecule has 36 heavy (non-hydrogen) atoms. The number of nitrogens with zero attached hydrogens (tertiary/aromatic N) is 2. The fourth-order valence-electron chi connectivity index (χ4n) is 3.98. The Balaban J connectivity index is 1.66. The van der Waals surface area contributed by atoms with E-state index in [1.54, 1.807) is 18.2 Å². The first-order chi connectivity index (χ1) is 17.0. The van der Waals surface area contributed by atoms with E-state index >= 15 is 0 Å². The third-order valence-electron chi connectivity index (χ3n) is 5.65. The maximum atomic E-state index is 13.3. The molecule has 0 fully saturated rings. The fourth-order valence-corrected chi connectivity index (χ4v) is 3.98. The molecule has 0 spiro atoms. The van der Waals surface area contributed by atoms with Crippen LogP contribution in [0.3, 0.4) is 0 Å². The van der Waals surface area contributed by atoms with Crippen molar-refractivity contribution in [2.45, 2.75) is 12.4 Å². The maximum Gasteiger partial charge on any atom is 0.416 e. The zero-order valence-electron chi connectivity index (χ0n) is 18.2. The predicted octanol–water partition coefficient (Wildman–Crippen LogP) is 7.32. The van der Waals surface area contributed by atoms with Crippen molar-refractivity contribution in [3.05, 3.63) is 107 Å². The van der Waals surface area contributed by atoms with Gasteiger partial charge in [-0.3, -0.25) is 14.3 Å². The molecular weight excluding hydrogens is 484 g/mol. The molecule has 0 unspecified atom stereocenters. The summed E-state index contributed by atoms with van der Waals surface area (Å²) in [6, 6.07) is 16.7. The molecule has 5 aromatic rings. The van der Waals surface area contributed by atoms with Gasteiger partial charge in [0.2, 0.25) is 0 Å². The smallest absolute Gasteiger partial charge is 0.356 e. The number of anilines is 2. The summed E-state index contributed by atoms with van der Waals surface area (Å²) in [7, 11) is 0. The molecule has 0 saturated heterocycles. The van der Waals surface area contributed by atoms with Crippen LogP contribution in [0.5, 0.6) is 0 Å². The lowest BCUT2D eigenvalue weighted by molar-refractivity contribution is -0.138. The van der Waals surface area contributed by atoms with Gasteiger partial charge in [0.15, 0.2) is 0 Å². The first kappa shape index (κ1) is 23.4. The van der Waals surface area contributed by atoms with Crippen LogP contribution in [0, 0.1) is 0 Å². The molecule has 0 saturated carbocycles. The minimum absolute atomic E-state index is 0.0361. The van der Waals surface area contributed by atoms with Crippen molar-refractivity contribution >= 4 is 33.2 Å². The van der Waals surface area contributed by atoms with Crippen LogP contribution in [0.15, 0.2) is 89.9 Å². The minimum Gasteiger partial charge on any atom is -0.356 e. The number of hydrogen-bond acceptors (Lipinski definition) is 3. The molecule has 0 amide bonds. The van der Waals surface area contributed by atoms with E-state index in [9.17, 15) is 31.1 Å². The van der Waals surface area contributed by atoms with Crippen LogP contribution in [0.25, 0.3) is 27.5 Å². The van der Waals surface area contributed by atoms with Crippen molar-refractivity contribution in [1.82, 2.24) is 9.55 Å². The molecule has 0 bridgehead atoms. The number of aromatic nitrogens is 2. The lowest BCUT2D eigenvalue weighted by Crippen LogP contribution is -2.18. The molecule has 10 heteroatoms. The number of fused-ring (bicyclic) bond motifs is 3. The van der Waals surface area contributed by atoms with Crippen LogP contribution in [0.4, 0.5) is 37.7 Å². The van der Waals surface area contributed by atoms with Crippen LogP contribution >= 0.6 is 0 Å². The summed E-state index contributed by atoms with van der Waals surface area (Å²) >= 11 is 0. The van der Waals surface area contributed by atoms with E-state index in [0.29, 0.717) is 33.2 Å². The maximum absolute atomic E-state index is 13.3. The van der Waals surface area contributed by atoms with E-state index in [2.05, 4.69) is 10.3 Å². The highest BCUT2D eigenvalue weighted by Crippen LogP contribution is 2.33. The van der Waals surface area contributed by atoms with Crippen LogP contribution in [0.2, 0.25) is 0 Å². The van der Waals surface area contributed by atoms with Crippen LogP contribution < -0.4 is 10.9 Å². The van der Waals surface area contributed by atoms with Gasteiger partial charge in [-0.2, -0.15) is 26.3 Å². The number of pyridine rings is 2. The Morgan fingerprint density at radius 1 is 0.722 bits per heavy atom. The number of hydrogen-bond donors (Lipinski definition) is 1. The number of alkyl halides is 6. The monoisotopic (exact) mass is 499 g/mol. The molecule has 0 atom stereocenters. The molecule has 0 aliphatic rings. The van der Waals surface area contributed by atoms with Gasteiger partial charge in [-0.1, -0.05) is 6.07 Å². The molecule has 182 valence electrons. The molecule has 0 aliphatic heterocycles. The Labute approximate surface area is 199 Å². The highest BCUT2D eigenvalue weighted by molar-refractivity contribution is 6.05. The SMILES string of the molecule is O=c1ccc2cnc3ccc(Nc4ccc(C(F)(F)F)cc4)cc3c2n1-c1cccc(C(F)(F)F)c1. The quantitative estimate of drug-likeness (QED) is 0.209. The molecule has 0 aliphatic carbocycles. The number of rotatable bonds is 3. The molecular formula is C26H15F6N3O. The lowest BCUT2D eigenvalue weighted by Gasteiger charge is -2.15. The van der Waals surface area contributed by atoms with Crippen molar-refractivity contribution in [2.24, 2.45) is 0 Å². The predicted molar refractivity (Wildman–Crippen MR) is 125 cm³/mol. The average molecular weight is 499 g/mol. The summed E-state index contributed by atoms with van der Waals surface area (Å²) in [5.41, 5.74) is -0.466. The van der Waals surface area contributed by atoms with E-state index in [0.717, 1.165) is 24.3 Å². The fraction of sp³-hybridized carbons (Fsp3) is 0.0769. The van der Waals surface area contributed by atoms with Crippen molar-refractivity contribution < 1.29 is 26.3 Å². The van der Waals surface area contributed by atoms with E-state index in [1.807, 2.05) is 0 Å². The first-order valence-electron chi connectivity index (χ1n) is 10.6. The largest absolute Gasteiger partial charge is 0.416 e. The Morgan fingerprint density at radius 3 is 2.11 bits per heavy atom. The van der Waals surface area contributed by atoms with Gasteiger partial charge in [0.1, 0.15) is 0 Å². The molecule has 4 nitrogen and oxygen atoms in total. The molecule has 3 aromatic carbocycles. The van der Waals surface area contributed by atoms with Crippen molar-refractivity contribution in [2.75, 3.05) is 5.32 Å². The first-order valence-corrected chi connectivity index (χ1v) is 10.6. The lowest BCUT2D eigenvalue weighted by atomic mass is 10.1. The Hall–Kier alpha value is -4.34. The van der Waals surface area contributed by atoms with Gasteiger partial charge in [0, 0.05) is 40.1 Å². The minimum atomic E-state index is -4.59. The highest BCUT2D eigenvalue weighted by atomic mass is 19.4.